The van der Waals surface area contributed by atoms with Gasteiger partial charge < -0.3 is 5.11 Å². The lowest BCUT2D eigenvalue weighted by molar-refractivity contribution is -0.138. The van der Waals surface area contributed by atoms with Crippen molar-refractivity contribution in [3.63, 3.8) is 0 Å². The minimum absolute atomic E-state index is 0.0588. The zero-order chi connectivity index (χ0) is 20.7. The lowest BCUT2D eigenvalue weighted by Crippen LogP contribution is -2.25. The smallest absolute Gasteiger partial charge is 0.417 e. The molecule has 0 bridgehead atoms. The van der Waals surface area contributed by atoms with Crippen LogP contribution in [0.3, 0.4) is 0 Å². The number of phenolic OH excluding ortho intramolecular Hbond substituents is 1. The molecule has 148 valence electrons. The number of nitrogens with one attached hydrogen (secondary N) is 1. The van der Waals surface area contributed by atoms with E-state index in [-0.39, 0.29) is 27.9 Å². The highest BCUT2D eigenvalue weighted by Gasteiger charge is 2.33. The Kier molecular flexibility index (Phi) is 4.78. The average molecular weight is 400 g/mol. The minimum atomic E-state index is -4.58. The van der Waals surface area contributed by atoms with Gasteiger partial charge in [0.15, 0.2) is 0 Å². The standard InChI is InChI=1S/C19H14F6N2O/c1-27(26-12-7-5-11(6-8-12)18(20,21)22)17-14-3-2-4-15(19(23,24)25)13(14)9-10-16(17)28/h2-10,26,28H,1H3. The fourth-order valence-electron chi connectivity index (χ4n) is 2.91. The van der Waals surface area contributed by atoms with Gasteiger partial charge in [0.1, 0.15) is 11.4 Å². The Hall–Kier alpha value is -3.10. The Morgan fingerprint density at radius 2 is 1.43 bits per heavy atom. The van der Waals surface area contributed by atoms with Gasteiger partial charge in [0.05, 0.1) is 16.8 Å². The molecule has 0 spiro atoms. The molecule has 9 heteroatoms. The van der Waals surface area contributed by atoms with Crippen LogP contribution in [-0.4, -0.2) is 12.2 Å². The number of rotatable bonds is 3. The van der Waals surface area contributed by atoms with Gasteiger partial charge in [-0.25, -0.2) is 0 Å². The third-order valence-corrected chi connectivity index (χ3v) is 4.16. The average Bonchev–Trinajstić information content (AvgIpc) is 2.59. The number of alkyl halides is 6. The summed E-state index contributed by atoms with van der Waals surface area (Å²) < 4.78 is 77.7. The van der Waals surface area contributed by atoms with Crippen LogP contribution in [0, 0.1) is 0 Å². The molecule has 0 unspecified atom stereocenters. The van der Waals surface area contributed by atoms with E-state index >= 15 is 0 Å². The van der Waals surface area contributed by atoms with Crippen molar-refractivity contribution >= 4 is 22.1 Å². The first kappa shape index (κ1) is 19.7. The van der Waals surface area contributed by atoms with Gasteiger partial charge in [0, 0.05) is 12.4 Å². The second kappa shape index (κ2) is 6.81. The number of benzene rings is 3. The molecule has 2 N–H and O–H groups in total. The molecule has 0 fully saturated rings. The highest BCUT2D eigenvalue weighted by molar-refractivity contribution is 5.99. The molecule has 0 aliphatic carbocycles. The predicted molar refractivity (Wildman–Crippen MR) is 94.1 cm³/mol. The van der Waals surface area contributed by atoms with E-state index < -0.39 is 23.5 Å². The molecule has 28 heavy (non-hydrogen) atoms. The van der Waals surface area contributed by atoms with Crippen molar-refractivity contribution < 1.29 is 31.4 Å². The summed E-state index contributed by atoms with van der Waals surface area (Å²) in [4.78, 5) is 0. The normalized spacial score (nSPS) is 12.2. The van der Waals surface area contributed by atoms with Crippen LogP contribution in [0.4, 0.5) is 37.7 Å². The molecular weight excluding hydrogens is 386 g/mol. The molecule has 0 aliphatic rings. The molecule has 3 nitrogen and oxygen atoms in total. The maximum absolute atomic E-state index is 13.2. The molecule has 0 saturated carbocycles. The Labute approximate surface area is 155 Å². The molecule has 0 amide bonds. The van der Waals surface area contributed by atoms with E-state index in [1.165, 1.54) is 42.4 Å². The molecule has 0 saturated heterocycles. The zero-order valence-electron chi connectivity index (χ0n) is 14.4. The van der Waals surface area contributed by atoms with Gasteiger partial charge in [0.2, 0.25) is 0 Å². The topological polar surface area (TPSA) is 35.5 Å². The summed E-state index contributed by atoms with van der Waals surface area (Å²) in [5.41, 5.74) is 1.39. The summed E-state index contributed by atoms with van der Waals surface area (Å²) in [5.74, 6) is -0.284. The van der Waals surface area contributed by atoms with E-state index in [9.17, 15) is 31.4 Å². The molecule has 0 aromatic heterocycles. The molecule has 0 atom stereocenters. The van der Waals surface area contributed by atoms with E-state index in [4.69, 9.17) is 0 Å². The van der Waals surface area contributed by atoms with E-state index in [0.717, 1.165) is 24.3 Å². The van der Waals surface area contributed by atoms with Crippen molar-refractivity contribution in [3.8, 4) is 5.75 Å². The highest BCUT2D eigenvalue weighted by atomic mass is 19.4. The van der Waals surface area contributed by atoms with Crippen molar-refractivity contribution in [1.29, 1.82) is 0 Å². The third-order valence-electron chi connectivity index (χ3n) is 4.16. The lowest BCUT2D eigenvalue weighted by atomic mass is 10.0. The van der Waals surface area contributed by atoms with Crippen molar-refractivity contribution in [3.05, 3.63) is 65.7 Å². The Morgan fingerprint density at radius 3 is 2.00 bits per heavy atom. The number of nitrogens with zero attached hydrogens (tertiary/aromatic N) is 1. The van der Waals surface area contributed by atoms with Gasteiger partial charge in [-0.2, -0.15) is 26.3 Å². The van der Waals surface area contributed by atoms with Crippen molar-refractivity contribution in [1.82, 2.24) is 0 Å². The van der Waals surface area contributed by atoms with Crippen LogP contribution in [0.1, 0.15) is 11.1 Å². The summed E-state index contributed by atoms with van der Waals surface area (Å²) in [6.45, 7) is 0. The maximum atomic E-state index is 13.2. The Bertz CT molecular complexity index is 996. The first-order valence-corrected chi connectivity index (χ1v) is 7.98. The van der Waals surface area contributed by atoms with Gasteiger partial charge in [-0.05, 0) is 47.9 Å². The van der Waals surface area contributed by atoms with Crippen molar-refractivity contribution in [2.24, 2.45) is 0 Å². The van der Waals surface area contributed by atoms with Crippen molar-refractivity contribution in [2.45, 2.75) is 12.4 Å². The van der Waals surface area contributed by atoms with Gasteiger partial charge in [-0.1, -0.05) is 12.1 Å². The van der Waals surface area contributed by atoms with Gasteiger partial charge in [-0.3, -0.25) is 10.4 Å². The SMILES string of the molecule is CN(Nc1ccc(C(F)(F)F)cc1)c1c(O)ccc2c(C(F)(F)F)cccc12. The first-order chi connectivity index (χ1) is 13.0. The van der Waals surface area contributed by atoms with E-state index in [0.29, 0.717) is 0 Å². The van der Waals surface area contributed by atoms with Crippen LogP contribution in [-0.2, 0) is 12.4 Å². The second-order valence-electron chi connectivity index (χ2n) is 6.08. The molecule has 0 aliphatic heterocycles. The number of hydrazine groups is 1. The number of aromatic hydroxyl groups is 1. The quantitative estimate of drug-likeness (QED) is 0.415. The van der Waals surface area contributed by atoms with Gasteiger partial charge >= 0.3 is 12.4 Å². The van der Waals surface area contributed by atoms with Crippen LogP contribution in [0.5, 0.6) is 5.75 Å². The fraction of sp³-hybridized carbons (Fsp3) is 0.158. The predicted octanol–water partition coefficient (Wildman–Crippen LogP) is 6.05. The zero-order valence-corrected chi connectivity index (χ0v) is 14.4. The number of fused-ring (bicyclic) bond motifs is 1. The summed E-state index contributed by atoms with van der Waals surface area (Å²) in [6.07, 6.45) is -9.06. The summed E-state index contributed by atoms with van der Waals surface area (Å²) >= 11 is 0. The molecule has 0 radical (unpaired) electrons. The van der Waals surface area contributed by atoms with E-state index in [1.807, 2.05) is 0 Å². The summed E-state index contributed by atoms with van der Waals surface area (Å²) in [5, 5.41) is 11.5. The summed E-state index contributed by atoms with van der Waals surface area (Å²) in [7, 11) is 1.44. The van der Waals surface area contributed by atoms with Crippen LogP contribution in [0.15, 0.2) is 54.6 Å². The number of hydrogen-bond acceptors (Lipinski definition) is 3. The molecule has 0 heterocycles. The van der Waals surface area contributed by atoms with Crippen LogP contribution in [0.25, 0.3) is 10.8 Å². The van der Waals surface area contributed by atoms with Crippen molar-refractivity contribution in [2.75, 3.05) is 17.5 Å². The van der Waals surface area contributed by atoms with E-state index in [1.54, 1.807) is 0 Å². The third kappa shape index (κ3) is 3.78. The number of hydrogen-bond donors (Lipinski definition) is 2. The number of anilines is 2. The molecule has 3 rings (SSSR count). The Morgan fingerprint density at radius 1 is 0.786 bits per heavy atom. The second-order valence-corrected chi connectivity index (χ2v) is 6.08. The Balaban J connectivity index is 2.00. The molecular formula is C19H14F6N2O. The van der Waals surface area contributed by atoms with E-state index in [2.05, 4.69) is 5.43 Å². The van der Waals surface area contributed by atoms with Gasteiger partial charge in [0.25, 0.3) is 0 Å². The number of halogens is 6. The maximum Gasteiger partial charge on any atom is 0.417 e. The van der Waals surface area contributed by atoms with Crippen LogP contribution < -0.4 is 10.4 Å². The van der Waals surface area contributed by atoms with Crippen LogP contribution >= 0.6 is 0 Å². The summed E-state index contributed by atoms with van der Waals surface area (Å²) in [6, 6.07) is 10.0. The van der Waals surface area contributed by atoms with Crippen LogP contribution in [0.2, 0.25) is 0 Å². The molecule has 3 aromatic rings. The van der Waals surface area contributed by atoms with Gasteiger partial charge in [-0.15, -0.1) is 0 Å². The monoisotopic (exact) mass is 400 g/mol. The largest absolute Gasteiger partial charge is 0.506 e. The fourth-order valence-corrected chi connectivity index (χ4v) is 2.91. The number of phenols is 1. The first-order valence-electron chi connectivity index (χ1n) is 7.98. The lowest BCUT2D eigenvalue weighted by Gasteiger charge is -2.25. The molecule has 3 aromatic carbocycles. The minimum Gasteiger partial charge on any atom is -0.506 e. The highest BCUT2D eigenvalue weighted by Crippen LogP contribution is 2.41.